The van der Waals surface area contributed by atoms with Gasteiger partial charge in [-0.1, -0.05) is 0 Å². The van der Waals surface area contributed by atoms with E-state index < -0.39 is 0 Å². The van der Waals surface area contributed by atoms with Crippen LogP contribution in [0.3, 0.4) is 0 Å². The Balaban J connectivity index is 2.68. The number of phenolic OH excluding ortho intramolecular Hbond substituents is 1. The zero-order valence-corrected chi connectivity index (χ0v) is 8.14. The number of nitrogen functional groups attached to an aromatic ring is 1. The average Bonchev–Trinajstić information content (AvgIpc) is 2.17. The predicted octanol–water partition coefficient (Wildman–Crippen LogP) is 0.419. The van der Waals surface area contributed by atoms with Crippen molar-refractivity contribution in [3.05, 3.63) is 23.9 Å². The molecule has 2 aromatic rings. The number of phenols is 1. The van der Waals surface area contributed by atoms with Gasteiger partial charge in [0.2, 0.25) is 5.95 Å². The van der Waals surface area contributed by atoms with Crippen molar-refractivity contribution in [1.82, 2.24) is 9.97 Å². The van der Waals surface area contributed by atoms with E-state index in [-0.39, 0.29) is 11.7 Å². The molecule has 0 amide bonds. The molecule has 0 saturated carbocycles. The Bertz CT molecular complexity index is 493. The highest BCUT2D eigenvalue weighted by Gasteiger charge is 2.05. The third kappa shape index (κ3) is 1.82. The minimum Gasteiger partial charge on any atom is -0.508 e. The summed E-state index contributed by atoms with van der Waals surface area (Å²) in [6.45, 7) is 0.506. The van der Waals surface area contributed by atoms with E-state index in [9.17, 15) is 5.11 Å². The van der Waals surface area contributed by atoms with Gasteiger partial charge in [-0.15, -0.1) is 0 Å². The number of hydrogen-bond acceptors (Lipinski definition) is 5. The van der Waals surface area contributed by atoms with Crippen LogP contribution in [0, 0.1) is 0 Å². The van der Waals surface area contributed by atoms with Gasteiger partial charge in [0.05, 0.1) is 11.2 Å². The highest BCUT2D eigenvalue weighted by Crippen LogP contribution is 2.21. The number of rotatable bonds is 2. The Kier molecular flexibility index (Phi) is 2.39. The van der Waals surface area contributed by atoms with Crippen molar-refractivity contribution in [1.29, 1.82) is 0 Å². The van der Waals surface area contributed by atoms with Crippen molar-refractivity contribution in [3.8, 4) is 5.75 Å². The molecule has 0 spiro atoms. The normalized spacial score (nSPS) is 10.7. The molecular formula is C10H12N4O. The first kappa shape index (κ1) is 9.67. The quantitative estimate of drug-likeness (QED) is 0.658. The number of anilines is 1. The Morgan fingerprint density at radius 2 is 2.07 bits per heavy atom. The fourth-order valence-electron chi connectivity index (χ4n) is 1.53. The molecule has 0 aliphatic heterocycles. The van der Waals surface area contributed by atoms with Crippen LogP contribution in [-0.2, 0) is 6.42 Å². The molecule has 78 valence electrons. The zero-order chi connectivity index (χ0) is 10.8. The van der Waals surface area contributed by atoms with Crippen molar-refractivity contribution in [2.45, 2.75) is 6.42 Å². The van der Waals surface area contributed by atoms with Gasteiger partial charge < -0.3 is 16.6 Å². The van der Waals surface area contributed by atoms with Gasteiger partial charge >= 0.3 is 0 Å². The van der Waals surface area contributed by atoms with E-state index in [2.05, 4.69) is 9.97 Å². The van der Waals surface area contributed by atoms with Crippen LogP contribution < -0.4 is 11.5 Å². The summed E-state index contributed by atoms with van der Waals surface area (Å²) in [5, 5.41) is 10.2. The van der Waals surface area contributed by atoms with E-state index in [1.807, 2.05) is 0 Å². The molecule has 1 heterocycles. The van der Waals surface area contributed by atoms with Crippen molar-refractivity contribution < 1.29 is 5.11 Å². The lowest BCUT2D eigenvalue weighted by Gasteiger charge is -2.05. The first-order valence-corrected chi connectivity index (χ1v) is 4.66. The first-order chi connectivity index (χ1) is 7.20. The summed E-state index contributed by atoms with van der Waals surface area (Å²) < 4.78 is 0. The van der Waals surface area contributed by atoms with Crippen LogP contribution in [0.1, 0.15) is 5.69 Å². The third-order valence-electron chi connectivity index (χ3n) is 2.16. The van der Waals surface area contributed by atoms with Gasteiger partial charge in [0.25, 0.3) is 0 Å². The average molecular weight is 204 g/mol. The third-order valence-corrected chi connectivity index (χ3v) is 2.16. The van der Waals surface area contributed by atoms with E-state index >= 15 is 0 Å². The minimum absolute atomic E-state index is 0.166. The monoisotopic (exact) mass is 204 g/mol. The van der Waals surface area contributed by atoms with E-state index in [4.69, 9.17) is 11.5 Å². The van der Waals surface area contributed by atoms with Crippen molar-refractivity contribution in [3.63, 3.8) is 0 Å². The summed E-state index contributed by atoms with van der Waals surface area (Å²) in [5.74, 6) is 0.371. The zero-order valence-electron chi connectivity index (χ0n) is 8.14. The molecular weight excluding hydrogens is 192 g/mol. The Morgan fingerprint density at radius 1 is 1.27 bits per heavy atom. The van der Waals surface area contributed by atoms with Crippen molar-refractivity contribution >= 4 is 16.9 Å². The molecule has 1 aromatic heterocycles. The number of fused-ring (bicyclic) bond motifs is 1. The van der Waals surface area contributed by atoms with Gasteiger partial charge in [-0.3, -0.25) is 0 Å². The predicted molar refractivity (Wildman–Crippen MR) is 58.4 cm³/mol. The topological polar surface area (TPSA) is 98.0 Å². The smallest absolute Gasteiger partial charge is 0.220 e. The number of aromatic hydroxyl groups is 1. The molecule has 1 aromatic carbocycles. The summed E-state index contributed by atoms with van der Waals surface area (Å²) in [4.78, 5) is 8.17. The van der Waals surface area contributed by atoms with E-state index in [1.54, 1.807) is 18.2 Å². The summed E-state index contributed by atoms with van der Waals surface area (Å²) in [7, 11) is 0. The molecule has 5 nitrogen and oxygen atoms in total. The minimum atomic E-state index is 0.166. The molecule has 5 heteroatoms. The first-order valence-electron chi connectivity index (χ1n) is 4.66. The van der Waals surface area contributed by atoms with Crippen LogP contribution in [0.15, 0.2) is 18.2 Å². The summed E-state index contributed by atoms with van der Waals surface area (Å²) >= 11 is 0. The second-order valence-corrected chi connectivity index (χ2v) is 3.27. The van der Waals surface area contributed by atoms with Gasteiger partial charge in [-0.25, -0.2) is 9.97 Å². The molecule has 0 radical (unpaired) electrons. The van der Waals surface area contributed by atoms with Gasteiger partial charge in [-0.05, 0) is 18.7 Å². The number of nitrogens with two attached hydrogens (primary N) is 2. The fourth-order valence-corrected chi connectivity index (χ4v) is 1.53. The Labute approximate surface area is 86.8 Å². The lowest BCUT2D eigenvalue weighted by molar-refractivity contribution is 0.476. The summed E-state index contributed by atoms with van der Waals surface area (Å²) in [6, 6.07) is 4.93. The molecule has 0 atom stereocenters. The Hall–Kier alpha value is -1.88. The van der Waals surface area contributed by atoms with Gasteiger partial charge in [0.15, 0.2) is 0 Å². The molecule has 0 bridgehead atoms. The van der Waals surface area contributed by atoms with E-state index in [0.29, 0.717) is 18.5 Å². The van der Waals surface area contributed by atoms with Crippen LogP contribution in [0.2, 0.25) is 0 Å². The maximum Gasteiger partial charge on any atom is 0.220 e. The van der Waals surface area contributed by atoms with Gasteiger partial charge in [-0.2, -0.15) is 0 Å². The van der Waals surface area contributed by atoms with E-state index in [1.165, 1.54) is 0 Å². The Morgan fingerprint density at radius 3 is 2.80 bits per heavy atom. The van der Waals surface area contributed by atoms with Crippen LogP contribution in [0.4, 0.5) is 5.95 Å². The number of nitrogens with zero attached hydrogens (tertiary/aromatic N) is 2. The molecule has 0 aliphatic carbocycles. The molecule has 0 saturated heterocycles. The van der Waals surface area contributed by atoms with Crippen LogP contribution in [0.5, 0.6) is 5.75 Å². The van der Waals surface area contributed by atoms with Gasteiger partial charge in [0, 0.05) is 17.9 Å². The highest BCUT2D eigenvalue weighted by atomic mass is 16.3. The van der Waals surface area contributed by atoms with Crippen molar-refractivity contribution in [2.24, 2.45) is 5.73 Å². The number of benzene rings is 1. The summed E-state index contributed by atoms with van der Waals surface area (Å²) in [6.07, 6.45) is 0.647. The molecule has 5 N–H and O–H groups in total. The lowest BCUT2D eigenvalue weighted by atomic mass is 10.1. The summed E-state index contributed by atoms with van der Waals surface area (Å²) in [5.41, 5.74) is 12.5. The number of hydrogen-bond donors (Lipinski definition) is 3. The molecule has 0 unspecified atom stereocenters. The highest BCUT2D eigenvalue weighted by molar-refractivity contribution is 5.83. The second-order valence-electron chi connectivity index (χ2n) is 3.27. The van der Waals surface area contributed by atoms with E-state index in [0.717, 1.165) is 11.1 Å². The van der Waals surface area contributed by atoms with Crippen LogP contribution in [0.25, 0.3) is 10.9 Å². The van der Waals surface area contributed by atoms with Crippen LogP contribution >= 0.6 is 0 Å². The van der Waals surface area contributed by atoms with Crippen molar-refractivity contribution in [2.75, 3.05) is 12.3 Å². The van der Waals surface area contributed by atoms with Gasteiger partial charge in [0.1, 0.15) is 5.75 Å². The molecule has 0 fully saturated rings. The number of aromatic nitrogens is 2. The standard InChI is InChI=1S/C10H12N4O/c11-4-3-8-7-2-1-6(15)5-9(7)14-10(12)13-8/h1-2,5,15H,3-4,11H2,(H2,12,13,14). The molecule has 0 aliphatic rings. The molecule has 2 rings (SSSR count). The second kappa shape index (κ2) is 3.70. The fraction of sp³-hybridized carbons (Fsp3) is 0.200. The molecule has 15 heavy (non-hydrogen) atoms. The largest absolute Gasteiger partial charge is 0.508 e. The SMILES string of the molecule is NCCc1nc(N)nc2cc(O)ccc12. The maximum absolute atomic E-state index is 9.32. The van der Waals surface area contributed by atoms with Crippen LogP contribution in [-0.4, -0.2) is 21.6 Å². The lowest BCUT2D eigenvalue weighted by Crippen LogP contribution is -2.07. The maximum atomic E-state index is 9.32.